The lowest BCUT2D eigenvalue weighted by atomic mass is 10.1. The molecule has 1 unspecified atom stereocenters. The van der Waals surface area contributed by atoms with Gasteiger partial charge in [-0.1, -0.05) is 6.92 Å². The minimum absolute atomic E-state index is 0.358. The Hall–Kier alpha value is -1.12. The molecule has 2 nitrogen and oxygen atoms in total. The third-order valence-corrected chi connectivity index (χ3v) is 3.79. The normalized spacial score (nSPS) is 13.9. The van der Waals surface area contributed by atoms with E-state index in [4.69, 9.17) is 5.26 Å². The maximum Gasteiger partial charge on any atom is 0.139 e. The summed E-state index contributed by atoms with van der Waals surface area (Å²) in [4.78, 5) is 0.358. The summed E-state index contributed by atoms with van der Waals surface area (Å²) in [5, 5.41) is 12.2. The summed E-state index contributed by atoms with van der Waals surface area (Å²) in [6, 6.07) is 5.65. The summed E-state index contributed by atoms with van der Waals surface area (Å²) in [5.74, 6) is -0.772. The third-order valence-electron chi connectivity index (χ3n) is 2.42. The van der Waals surface area contributed by atoms with Crippen molar-refractivity contribution in [2.45, 2.75) is 30.7 Å². The molecule has 98 valence electrons. The quantitative estimate of drug-likeness (QED) is 0.805. The van der Waals surface area contributed by atoms with Gasteiger partial charge < -0.3 is 0 Å². The molecule has 5 heteroatoms. The Kier molecular flexibility index (Phi) is 5.57. The highest BCUT2D eigenvalue weighted by Gasteiger charge is 2.23. The molecule has 0 spiro atoms. The third kappa shape index (κ3) is 4.28. The molecule has 0 radical (unpaired) electrons. The molecule has 0 aromatic heterocycles. The van der Waals surface area contributed by atoms with E-state index in [0.717, 1.165) is 19.0 Å². The zero-order valence-corrected chi connectivity index (χ0v) is 11.3. The van der Waals surface area contributed by atoms with Gasteiger partial charge in [-0.25, -0.2) is 8.78 Å². The monoisotopic (exact) mass is 270 g/mol. The number of nitriles is 1. The molecule has 0 saturated heterocycles. The van der Waals surface area contributed by atoms with Crippen LogP contribution < -0.4 is 5.32 Å². The molecule has 18 heavy (non-hydrogen) atoms. The highest BCUT2D eigenvalue weighted by atomic mass is 32.2. The van der Waals surface area contributed by atoms with E-state index in [-0.39, 0.29) is 0 Å². The number of thioether (sulfide) groups is 1. The van der Waals surface area contributed by atoms with E-state index in [1.807, 2.05) is 6.92 Å². The van der Waals surface area contributed by atoms with Gasteiger partial charge in [-0.3, -0.25) is 5.32 Å². The number of rotatable bonds is 6. The van der Waals surface area contributed by atoms with Crippen LogP contribution >= 0.6 is 11.8 Å². The lowest BCUT2D eigenvalue weighted by Crippen LogP contribution is -2.43. The number of halogens is 2. The maximum absolute atomic E-state index is 13.4. The molecule has 0 heterocycles. The van der Waals surface area contributed by atoms with Crippen LogP contribution in [0.25, 0.3) is 0 Å². The van der Waals surface area contributed by atoms with Gasteiger partial charge in [0.25, 0.3) is 0 Å². The van der Waals surface area contributed by atoms with Crippen molar-refractivity contribution in [2.24, 2.45) is 0 Å². The summed E-state index contributed by atoms with van der Waals surface area (Å²) in [6.45, 7) is 4.52. The van der Waals surface area contributed by atoms with Gasteiger partial charge in [0.05, 0.1) is 6.07 Å². The molecule has 1 aromatic carbocycles. The highest BCUT2D eigenvalue weighted by Crippen LogP contribution is 2.25. The maximum atomic E-state index is 13.4. The van der Waals surface area contributed by atoms with Crippen molar-refractivity contribution in [1.29, 1.82) is 5.26 Å². The van der Waals surface area contributed by atoms with E-state index in [1.165, 1.54) is 23.9 Å². The fourth-order valence-electron chi connectivity index (χ4n) is 1.34. The summed E-state index contributed by atoms with van der Waals surface area (Å²) in [5.41, 5.74) is -0.707. The summed E-state index contributed by atoms with van der Waals surface area (Å²) < 4.78 is 26.2. The van der Waals surface area contributed by atoms with Crippen molar-refractivity contribution < 1.29 is 8.78 Å². The zero-order chi connectivity index (χ0) is 13.6. The topological polar surface area (TPSA) is 35.8 Å². The Labute approximate surface area is 110 Å². The highest BCUT2D eigenvalue weighted by molar-refractivity contribution is 7.99. The first-order valence-corrected chi connectivity index (χ1v) is 6.73. The lowest BCUT2D eigenvalue weighted by Gasteiger charge is -2.22. The molecule has 0 fully saturated rings. The minimum Gasteiger partial charge on any atom is -0.299 e. The molecule has 1 N–H and O–H groups in total. The number of hydrogen-bond acceptors (Lipinski definition) is 3. The van der Waals surface area contributed by atoms with E-state index in [0.29, 0.717) is 10.6 Å². The van der Waals surface area contributed by atoms with Crippen molar-refractivity contribution in [1.82, 2.24) is 5.32 Å². The van der Waals surface area contributed by atoms with Crippen LogP contribution in [0.4, 0.5) is 8.78 Å². The van der Waals surface area contributed by atoms with Gasteiger partial charge >= 0.3 is 0 Å². The molecule has 1 rings (SSSR count). The van der Waals surface area contributed by atoms with E-state index in [2.05, 4.69) is 11.4 Å². The first kappa shape index (κ1) is 14.9. The van der Waals surface area contributed by atoms with Crippen LogP contribution in [-0.2, 0) is 0 Å². The molecular weight excluding hydrogens is 254 g/mol. The SMILES string of the molecule is CCCNC(C)(C#N)CSc1ccc(F)cc1F. The van der Waals surface area contributed by atoms with E-state index >= 15 is 0 Å². The Balaban J connectivity index is 2.65. The number of hydrogen-bond donors (Lipinski definition) is 1. The summed E-state index contributed by atoms with van der Waals surface area (Å²) in [7, 11) is 0. The Morgan fingerprint density at radius 3 is 2.72 bits per heavy atom. The van der Waals surface area contributed by atoms with Gasteiger partial charge in [-0.15, -0.1) is 11.8 Å². The van der Waals surface area contributed by atoms with Gasteiger partial charge in [0.1, 0.15) is 17.2 Å². The van der Waals surface area contributed by atoms with Crippen LogP contribution in [0.15, 0.2) is 23.1 Å². The standard InChI is InChI=1S/C13H16F2N2S/c1-3-6-17-13(2,8-16)9-18-12-5-4-10(14)7-11(12)15/h4-5,7,17H,3,6,9H2,1-2H3. The van der Waals surface area contributed by atoms with Crippen molar-refractivity contribution in [3.63, 3.8) is 0 Å². The second kappa shape index (κ2) is 6.72. The molecule has 1 aromatic rings. The largest absolute Gasteiger partial charge is 0.299 e. The fourth-order valence-corrected chi connectivity index (χ4v) is 2.31. The predicted octanol–water partition coefficient (Wildman–Crippen LogP) is 3.34. The summed E-state index contributed by atoms with van der Waals surface area (Å²) >= 11 is 1.21. The van der Waals surface area contributed by atoms with Crippen LogP contribution in [0.2, 0.25) is 0 Å². The first-order valence-electron chi connectivity index (χ1n) is 5.75. The van der Waals surface area contributed by atoms with Crippen LogP contribution in [0.1, 0.15) is 20.3 Å². The van der Waals surface area contributed by atoms with Gasteiger partial charge in [-0.2, -0.15) is 5.26 Å². The molecular formula is C13H16F2N2S. The van der Waals surface area contributed by atoms with Crippen molar-refractivity contribution in [2.75, 3.05) is 12.3 Å². The average molecular weight is 270 g/mol. The van der Waals surface area contributed by atoms with E-state index in [1.54, 1.807) is 6.92 Å². The van der Waals surface area contributed by atoms with E-state index in [9.17, 15) is 8.78 Å². The second-order valence-electron chi connectivity index (χ2n) is 4.23. The summed E-state index contributed by atoms with van der Waals surface area (Å²) in [6.07, 6.45) is 0.923. The fraction of sp³-hybridized carbons (Fsp3) is 0.462. The Bertz CT molecular complexity index is 445. The van der Waals surface area contributed by atoms with E-state index < -0.39 is 17.2 Å². The molecule has 1 atom stereocenters. The van der Waals surface area contributed by atoms with Crippen LogP contribution in [-0.4, -0.2) is 17.8 Å². The molecule has 0 aliphatic rings. The van der Waals surface area contributed by atoms with Gasteiger partial charge in [-0.05, 0) is 32.0 Å². The predicted molar refractivity (Wildman–Crippen MR) is 69.4 cm³/mol. The molecule has 0 bridgehead atoms. The first-order chi connectivity index (χ1) is 8.50. The molecule has 0 amide bonds. The molecule has 0 saturated carbocycles. The van der Waals surface area contributed by atoms with Crippen molar-refractivity contribution in [3.05, 3.63) is 29.8 Å². The number of benzene rings is 1. The Morgan fingerprint density at radius 1 is 1.44 bits per heavy atom. The van der Waals surface area contributed by atoms with Crippen LogP contribution in [0, 0.1) is 23.0 Å². The van der Waals surface area contributed by atoms with Crippen molar-refractivity contribution >= 4 is 11.8 Å². The van der Waals surface area contributed by atoms with Crippen LogP contribution in [0.3, 0.4) is 0 Å². The number of nitrogens with zero attached hydrogens (tertiary/aromatic N) is 1. The van der Waals surface area contributed by atoms with Crippen molar-refractivity contribution in [3.8, 4) is 6.07 Å². The van der Waals surface area contributed by atoms with Crippen LogP contribution in [0.5, 0.6) is 0 Å². The second-order valence-corrected chi connectivity index (χ2v) is 5.25. The average Bonchev–Trinajstić information content (AvgIpc) is 2.35. The number of nitrogens with one attached hydrogen (secondary N) is 1. The lowest BCUT2D eigenvalue weighted by molar-refractivity contribution is 0.493. The van der Waals surface area contributed by atoms with Gasteiger partial charge in [0.2, 0.25) is 0 Å². The zero-order valence-electron chi connectivity index (χ0n) is 10.5. The Morgan fingerprint density at radius 2 is 2.17 bits per heavy atom. The van der Waals surface area contributed by atoms with Gasteiger partial charge in [0.15, 0.2) is 0 Å². The molecule has 0 aliphatic heterocycles. The smallest absolute Gasteiger partial charge is 0.139 e. The minimum atomic E-state index is -0.707. The van der Waals surface area contributed by atoms with Gasteiger partial charge in [0, 0.05) is 16.7 Å². The molecule has 0 aliphatic carbocycles.